The van der Waals surface area contributed by atoms with Crippen molar-refractivity contribution in [1.82, 2.24) is 30.1 Å². The summed E-state index contributed by atoms with van der Waals surface area (Å²) in [5.74, 6) is 0.783. The molecule has 8 heteroatoms. The molecule has 1 atom stereocenters. The molecule has 198 valence electrons. The summed E-state index contributed by atoms with van der Waals surface area (Å²) in [5.41, 5.74) is 7.85. The van der Waals surface area contributed by atoms with E-state index in [2.05, 4.69) is 94.4 Å². The molecule has 1 aliphatic heterocycles. The normalized spacial score (nSPS) is 17.9. The minimum absolute atomic E-state index is 0.0660. The first-order valence-electron chi connectivity index (χ1n) is 13.9. The number of benzene rings is 2. The van der Waals surface area contributed by atoms with E-state index in [1.807, 2.05) is 4.68 Å². The Morgan fingerprint density at radius 3 is 2.42 bits per heavy atom. The Hall–Kier alpha value is -3.52. The van der Waals surface area contributed by atoms with E-state index >= 15 is 0 Å². The molecule has 1 unspecified atom stereocenters. The third kappa shape index (κ3) is 4.41. The predicted molar refractivity (Wildman–Crippen MR) is 151 cm³/mol. The lowest BCUT2D eigenvalue weighted by Crippen LogP contribution is -2.49. The first kappa shape index (κ1) is 24.8. The lowest BCUT2D eigenvalue weighted by atomic mass is 9.99. The highest BCUT2D eigenvalue weighted by atomic mass is 16.1. The van der Waals surface area contributed by atoms with Crippen LogP contribution in [0.3, 0.4) is 0 Å². The molecule has 0 bridgehead atoms. The molecule has 0 amide bonds. The minimum atomic E-state index is -0.305. The van der Waals surface area contributed by atoms with E-state index in [9.17, 15) is 4.79 Å². The van der Waals surface area contributed by atoms with E-state index in [1.165, 1.54) is 40.8 Å². The van der Waals surface area contributed by atoms with Crippen LogP contribution in [0, 0.1) is 27.7 Å². The van der Waals surface area contributed by atoms with Crippen molar-refractivity contribution in [1.29, 1.82) is 0 Å². The van der Waals surface area contributed by atoms with Crippen LogP contribution in [-0.2, 0) is 0 Å². The molecule has 1 aliphatic carbocycles. The monoisotopic (exact) mass is 511 g/mol. The van der Waals surface area contributed by atoms with Crippen molar-refractivity contribution in [3.63, 3.8) is 0 Å². The second-order valence-corrected chi connectivity index (χ2v) is 11.1. The summed E-state index contributed by atoms with van der Waals surface area (Å²) < 4.78 is 2.01. The zero-order valence-electron chi connectivity index (χ0n) is 22.9. The van der Waals surface area contributed by atoms with Crippen LogP contribution < -0.4 is 10.5 Å². The molecule has 0 radical (unpaired) electrons. The van der Waals surface area contributed by atoms with E-state index in [-0.39, 0.29) is 11.6 Å². The van der Waals surface area contributed by atoms with Gasteiger partial charge < -0.3 is 9.88 Å². The van der Waals surface area contributed by atoms with Gasteiger partial charge in [-0.05, 0) is 103 Å². The number of hydrogen-bond donors (Lipinski definition) is 1. The summed E-state index contributed by atoms with van der Waals surface area (Å²) in [5, 5.41) is 14.2. The SMILES string of the molecule is Cc1cc2cc(C(c3nnnn3C3CCCC3)N3CCN(c4cccc(C)c4C)CC3)c(=O)[nH]c2cc1C. The Morgan fingerprint density at radius 1 is 0.921 bits per heavy atom. The maximum atomic E-state index is 13.6. The molecule has 1 saturated carbocycles. The molecular formula is C30H37N7O. The van der Waals surface area contributed by atoms with E-state index < -0.39 is 0 Å². The molecule has 8 nitrogen and oxygen atoms in total. The highest BCUT2D eigenvalue weighted by molar-refractivity contribution is 5.81. The molecule has 2 aromatic carbocycles. The Kier molecular flexibility index (Phi) is 6.51. The van der Waals surface area contributed by atoms with Crippen molar-refractivity contribution in [3.05, 3.63) is 80.4 Å². The number of piperazine rings is 1. The predicted octanol–water partition coefficient (Wildman–Crippen LogP) is 4.77. The summed E-state index contributed by atoms with van der Waals surface area (Å²) in [6, 6.07) is 12.8. The summed E-state index contributed by atoms with van der Waals surface area (Å²) in [6.07, 6.45) is 4.55. The van der Waals surface area contributed by atoms with Crippen molar-refractivity contribution in [2.75, 3.05) is 31.1 Å². The minimum Gasteiger partial charge on any atom is -0.369 e. The molecule has 4 aromatic rings. The molecule has 38 heavy (non-hydrogen) atoms. The van der Waals surface area contributed by atoms with E-state index in [4.69, 9.17) is 0 Å². The summed E-state index contributed by atoms with van der Waals surface area (Å²) in [4.78, 5) is 21.7. The number of hydrogen-bond acceptors (Lipinski definition) is 6. The number of rotatable bonds is 5. The van der Waals surface area contributed by atoms with Crippen LogP contribution in [0.15, 0.2) is 41.2 Å². The fourth-order valence-electron chi connectivity index (χ4n) is 6.28. The number of aromatic nitrogens is 5. The van der Waals surface area contributed by atoms with Gasteiger partial charge in [0, 0.05) is 42.9 Å². The summed E-state index contributed by atoms with van der Waals surface area (Å²) in [6.45, 7) is 12.0. The van der Waals surface area contributed by atoms with Gasteiger partial charge in [0.25, 0.3) is 5.56 Å². The number of nitrogens with one attached hydrogen (secondary N) is 1. The van der Waals surface area contributed by atoms with Gasteiger partial charge in [-0.3, -0.25) is 9.69 Å². The van der Waals surface area contributed by atoms with Gasteiger partial charge in [0.1, 0.15) is 6.04 Å². The Morgan fingerprint density at radius 2 is 1.66 bits per heavy atom. The zero-order valence-corrected chi connectivity index (χ0v) is 22.9. The van der Waals surface area contributed by atoms with Crippen molar-refractivity contribution in [3.8, 4) is 0 Å². The van der Waals surface area contributed by atoms with E-state index in [1.54, 1.807) is 0 Å². The molecule has 2 aliphatic rings. The van der Waals surface area contributed by atoms with Crippen molar-refractivity contribution in [2.24, 2.45) is 0 Å². The third-order valence-electron chi connectivity index (χ3n) is 8.81. The van der Waals surface area contributed by atoms with Crippen LogP contribution in [0.4, 0.5) is 5.69 Å². The van der Waals surface area contributed by atoms with Gasteiger partial charge in [-0.15, -0.1) is 5.10 Å². The lowest BCUT2D eigenvalue weighted by molar-refractivity contribution is 0.196. The van der Waals surface area contributed by atoms with Gasteiger partial charge in [0.15, 0.2) is 5.82 Å². The van der Waals surface area contributed by atoms with Crippen LogP contribution in [0.5, 0.6) is 0 Å². The fourth-order valence-corrected chi connectivity index (χ4v) is 6.28. The summed E-state index contributed by atoms with van der Waals surface area (Å²) in [7, 11) is 0. The second-order valence-electron chi connectivity index (χ2n) is 11.1. The molecule has 2 fully saturated rings. The smallest absolute Gasteiger partial charge is 0.253 e. The first-order chi connectivity index (χ1) is 18.4. The average Bonchev–Trinajstić information content (AvgIpc) is 3.60. The topological polar surface area (TPSA) is 82.9 Å². The van der Waals surface area contributed by atoms with E-state index in [0.717, 1.165) is 61.3 Å². The summed E-state index contributed by atoms with van der Waals surface area (Å²) >= 11 is 0. The number of aromatic amines is 1. The quantitative estimate of drug-likeness (QED) is 0.415. The lowest BCUT2D eigenvalue weighted by Gasteiger charge is -2.40. The van der Waals surface area contributed by atoms with Crippen LogP contribution in [0.1, 0.15) is 71.4 Å². The Balaban J connectivity index is 1.40. The molecule has 6 rings (SSSR count). The molecule has 3 heterocycles. The van der Waals surface area contributed by atoms with E-state index in [0.29, 0.717) is 6.04 Å². The molecule has 1 N–H and O–H groups in total. The zero-order chi connectivity index (χ0) is 26.4. The van der Waals surface area contributed by atoms with Crippen LogP contribution in [-0.4, -0.2) is 56.3 Å². The molecule has 1 saturated heterocycles. The van der Waals surface area contributed by atoms with Gasteiger partial charge in [0.2, 0.25) is 0 Å². The number of nitrogens with zero attached hydrogens (tertiary/aromatic N) is 6. The van der Waals surface area contributed by atoms with Crippen LogP contribution in [0.2, 0.25) is 0 Å². The highest BCUT2D eigenvalue weighted by Gasteiger charge is 2.35. The third-order valence-corrected chi connectivity index (χ3v) is 8.81. The maximum absolute atomic E-state index is 13.6. The number of pyridine rings is 1. The molecular weight excluding hydrogens is 474 g/mol. The molecule has 2 aromatic heterocycles. The number of H-pyrrole nitrogens is 1. The van der Waals surface area contributed by atoms with Crippen molar-refractivity contribution < 1.29 is 0 Å². The first-order valence-corrected chi connectivity index (χ1v) is 13.9. The average molecular weight is 512 g/mol. The van der Waals surface area contributed by atoms with Crippen molar-refractivity contribution >= 4 is 16.6 Å². The Labute approximate surface area is 223 Å². The fraction of sp³-hybridized carbons (Fsp3) is 0.467. The number of tetrazole rings is 1. The van der Waals surface area contributed by atoms with Crippen LogP contribution in [0.25, 0.3) is 10.9 Å². The maximum Gasteiger partial charge on any atom is 0.253 e. The largest absolute Gasteiger partial charge is 0.369 e. The van der Waals surface area contributed by atoms with Crippen LogP contribution >= 0.6 is 0 Å². The highest BCUT2D eigenvalue weighted by Crippen LogP contribution is 2.35. The van der Waals surface area contributed by atoms with Crippen molar-refractivity contribution in [2.45, 2.75) is 65.5 Å². The number of fused-ring (bicyclic) bond motifs is 1. The van der Waals surface area contributed by atoms with Gasteiger partial charge in [-0.25, -0.2) is 4.68 Å². The second kappa shape index (κ2) is 9.98. The number of aryl methyl sites for hydroxylation is 3. The van der Waals surface area contributed by atoms with Gasteiger partial charge in [-0.1, -0.05) is 25.0 Å². The van der Waals surface area contributed by atoms with Gasteiger partial charge >= 0.3 is 0 Å². The van der Waals surface area contributed by atoms with Gasteiger partial charge in [0.05, 0.1) is 6.04 Å². The number of anilines is 1. The van der Waals surface area contributed by atoms with Gasteiger partial charge in [-0.2, -0.15) is 0 Å². The standard InChI is InChI=1S/C30H37N7O/c1-19-8-7-11-27(22(19)4)35-12-14-36(15-13-35)28(29-32-33-34-37(29)24-9-5-6-10-24)25-18-23-16-20(2)21(3)17-26(23)31-30(25)38/h7-8,11,16-18,24,28H,5-6,9-10,12-15H2,1-4H3,(H,31,38). The Bertz CT molecular complexity index is 1520. The molecule has 0 spiro atoms.